The highest BCUT2D eigenvalue weighted by Crippen LogP contribution is 2.18. The number of rotatable bonds is 3. The molecule has 0 aliphatic carbocycles. The maximum Gasteiger partial charge on any atom is 0.309 e. The van der Waals surface area contributed by atoms with E-state index in [1.165, 1.54) is 0 Å². The number of carbonyl (C=O) groups excluding carboxylic acids is 2. The number of esters is 1. The Morgan fingerprint density at radius 2 is 2.00 bits per heavy atom. The number of nitrogens with zero attached hydrogens (tertiary/aromatic N) is 1. The van der Waals surface area contributed by atoms with Gasteiger partial charge >= 0.3 is 5.97 Å². The van der Waals surface area contributed by atoms with Gasteiger partial charge in [0.15, 0.2) is 0 Å². The molecule has 1 heterocycles. The van der Waals surface area contributed by atoms with E-state index in [2.05, 4.69) is 0 Å². The van der Waals surface area contributed by atoms with Gasteiger partial charge in [0.2, 0.25) is 5.91 Å². The van der Waals surface area contributed by atoms with Crippen LogP contribution >= 0.6 is 0 Å². The van der Waals surface area contributed by atoms with E-state index in [-0.39, 0.29) is 17.8 Å². The van der Waals surface area contributed by atoms with Crippen LogP contribution in [0.4, 0.5) is 0 Å². The zero-order chi connectivity index (χ0) is 12.0. The quantitative estimate of drug-likeness (QED) is 0.538. The lowest BCUT2D eigenvalue weighted by Crippen LogP contribution is -2.39. The van der Waals surface area contributed by atoms with Crippen LogP contribution in [0.15, 0.2) is 12.2 Å². The van der Waals surface area contributed by atoms with Gasteiger partial charge < -0.3 is 9.64 Å². The van der Waals surface area contributed by atoms with Crippen LogP contribution in [0.1, 0.15) is 26.7 Å². The fraction of sp³-hybridized carbons (Fsp3) is 0.667. The highest BCUT2D eigenvalue weighted by atomic mass is 16.5. The van der Waals surface area contributed by atoms with Crippen molar-refractivity contribution in [2.45, 2.75) is 26.7 Å². The minimum Gasteiger partial charge on any atom is -0.466 e. The highest BCUT2D eigenvalue weighted by Gasteiger charge is 2.27. The molecule has 1 aliphatic rings. The second-order valence-electron chi connectivity index (χ2n) is 3.85. The van der Waals surface area contributed by atoms with Gasteiger partial charge in [-0.1, -0.05) is 6.08 Å². The van der Waals surface area contributed by atoms with Crippen molar-refractivity contribution in [3.63, 3.8) is 0 Å². The lowest BCUT2D eigenvalue weighted by molar-refractivity contribution is -0.150. The summed E-state index contributed by atoms with van der Waals surface area (Å²) in [5, 5.41) is 0. The predicted molar refractivity (Wildman–Crippen MR) is 60.8 cm³/mol. The van der Waals surface area contributed by atoms with E-state index >= 15 is 0 Å². The molecule has 0 spiro atoms. The van der Waals surface area contributed by atoms with E-state index in [4.69, 9.17) is 4.74 Å². The molecule has 0 aromatic rings. The topological polar surface area (TPSA) is 46.6 Å². The normalized spacial score (nSPS) is 17.8. The van der Waals surface area contributed by atoms with Gasteiger partial charge in [0.25, 0.3) is 0 Å². The van der Waals surface area contributed by atoms with Crippen molar-refractivity contribution < 1.29 is 14.3 Å². The lowest BCUT2D eigenvalue weighted by Gasteiger charge is -2.30. The number of ether oxygens (including phenoxy) is 1. The molecule has 1 aliphatic heterocycles. The molecule has 1 fully saturated rings. The SMILES string of the molecule is C/C=C/C(=O)N1CCC(C(=O)OCC)CC1. The molecule has 0 radical (unpaired) electrons. The van der Waals surface area contributed by atoms with Gasteiger partial charge in [-0.15, -0.1) is 0 Å². The van der Waals surface area contributed by atoms with Crippen LogP contribution in [0.25, 0.3) is 0 Å². The summed E-state index contributed by atoms with van der Waals surface area (Å²) in [5.41, 5.74) is 0. The number of hydrogen-bond acceptors (Lipinski definition) is 3. The molecule has 1 saturated heterocycles. The molecular formula is C12H19NO3. The van der Waals surface area contributed by atoms with Crippen molar-refractivity contribution in [3.05, 3.63) is 12.2 Å². The van der Waals surface area contributed by atoms with Crippen LogP contribution < -0.4 is 0 Å². The zero-order valence-electron chi connectivity index (χ0n) is 9.94. The molecule has 0 unspecified atom stereocenters. The van der Waals surface area contributed by atoms with Crippen molar-refractivity contribution in [1.82, 2.24) is 4.90 Å². The summed E-state index contributed by atoms with van der Waals surface area (Å²) in [6.07, 6.45) is 4.72. The second kappa shape index (κ2) is 6.30. The largest absolute Gasteiger partial charge is 0.466 e. The van der Waals surface area contributed by atoms with Crippen LogP contribution in [0.3, 0.4) is 0 Å². The van der Waals surface area contributed by atoms with Crippen molar-refractivity contribution in [2.75, 3.05) is 19.7 Å². The molecule has 4 heteroatoms. The van der Waals surface area contributed by atoms with Crippen molar-refractivity contribution in [1.29, 1.82) is 0 Å². The molecule has 16 heavy (non-hydrogen) atoms. The molecule has 0 N–H and O–H groups in total. The molecular weight excluding hydrogens is 206 g/mol. The standard InChI is InChI=1S/C12H19NO3/c1-3-5-11(14)13-8-6-10(7-9-13)12(15)16-4-2/h3,5,10H,4,6-9H2,1-2H3/b5-3+. The number of piperidine rings is 1. The molecule has 0 aromatic heterocycles. The average Bonchev–Trinajstić information content (AvgIpc) is 2.30. The van der Waals surface area contributed by atoms with Crippen LogP contribution in [0.2, 0.25) is 0 Å². The Morgan fingerprint density at radius 1 is 1.38 bits per heavy atom. The summed E-state index contributed by atoms with van der Waals surface area (Å²) >= 11 is 0. The Labute approximate surface area is 96.3 Å². The average molecular weight is 225 g/mol. The summed E-state index contributed by atoms with van der Waals surface area (Å²) < 4.78 is 4.97. The van der Waals surface area contributed by atoms with Crippen molar-refractivity contribution >= 4 is 11.9 Å². The first-order valence-corrected chi connectivity index (χ1v) is 5.77. The van der Waals surface area contributed by atoms with E-state index in [0.29, 0.717) is 32.5 Å². The molecule has 0 saturated carbocycles. The molecule has 0 atom stereocenters. The molecule has 1 amide bonds. The first kappa shape index (κ1) is 12.7. The van der Waals surface area contributed by atoms with E-state index < -0.39 is 0 Å². The van der Waals surface area contributed by atoms with Crippen LogP contribution in [0, 0.1) is 5.92 Å². The van der Waals surface area contributed by atoms with Gasteiger partial charge in [-0.25, -0.2) is 0 Å². The Kier molecular flexibility index (Phi) is 5.02. The first-order valence-electron chi connectivity index (χ1n) is 5.77. The maximum atomic E-state index is 11.5. The third-order valence-corrected chi connectivity index (χ3v) is 2.74. The Morgan fingerprint density at radius 3 is 2.50 bits per heavy atom. The van der Waals surface area contributed by atoms with Crippen LogP contribution in [0.5, 0.6) is 0 Å². The Hall–Kier alpha value is -1.32. The fourth-order valence-corrected chi connectivity index (χ4v) is 1.84. The number of carbonyl (C=O) groups is 2. The minimum atomic E-state index is -0.124. The van der Waals surface area contributed by atoms with Crippen LogP contribution in [-0.4, -0.2) is 36.5 Å². The van der Waals surface area contributed by atoms with E-state index in [9.17, 15) is 9.59 Å². The van der Waals surface area contributed by atoms with E-state index in [0.717, 1.165) is 0 Å². The maximum absolute atomic E-state index is 11.5. The third kappa shape index (κ3) is 3.36. The highest BCUT2D eigenvalue weighted by molar-refractivity contribution is 5.87. The molecule has 1 rings (SSSR count). The second-order valence-corrected chi connectivity index (χ2v) is 3.85. The van der Waals surface area contributed by atoms with Crippen molar-refractivity contribution in [3.8, 4) is 0 Å². The number of hydrogen-bond donors (Lipinski definition) is 0. The van der Waals surface area contributed by atoms with Crippen molar-refractivity contribution in [2.24, 2.45) is 5.92 Å². The van der Waals surface area contributed by atoms with E-state index in [1.807, 2.05) is 13.8 Å². The smallest absolute Gasteiger partial charge is 0.309 e. The molecule has 0 bridgehead atoms. The molecule has 4 nitrogen and oxygen atoms in total. The minimum absolute atomic E-state index is 0.0322. The van der Waals surface area contributed by atoms with Gasteiger partial charge in [-0.2, -0.15) is 0 Å². The third-order valence-electron chi connectivity index (χ3n) is 2.74. The predicted octanol–water partition coefficient (Wildman–Crippen LogP) is 1.36. The number of amides is 1. The fourth-order valence-electron chi connectivity index (χ4n) is 1.84. The summed E-state index contributed by atoms with van der Waals surface area (Å²) in [4.78, 5) is 24.8. The Bertz CT molecular complexity index is 278. The van der Waals surface area contributed by atoms with Gasteiger partial charge in [0.05, 0.1) is 12.5 Å². The zero-order valence-corrected chi connectivity index (χ0v) is 9.94. The summed E-state index contributed by atoms with van der Waals surface area (Å²) in [6, 6.07) is 0. The van der Waals surface area contributed by atoms with Gasteiger partial charge in [-0.3, -0.25) is 9.59 Å². The molecule has 90 valence electrons. The van der Waals surface area contributed by atoms with Gasteiger partial charge in [-0.05, 0) is 32.8 Å². The Balaban J connectivity index is 2.39. The molecule has 0 aromatic carbocycles. The number of allylic oxidation sites excluding steroid dienone is 1. The number of likely N-dealkylation sites (tertiary alicyclic amines) is 1. The monoisotopic (exact) mass is 225 g/mol. The van der Waals surface area contributed by atoms with E-state index in [1.54, 1.807) is 17.1 Å². The van der Waals surface area contributed by atoms with Crippen LogP contribution in [-0.2, 0) is 14.3 Å². The van der Waals surface area contributed by atoms with Gasteiger partial charge in [0.1, 0.15) is 0 Å². The summed E-state index contributed by atoms with van der Waals surface area (Å²) in [5.74, 6) is -0.125. The summed E-state index contributed by atoms with van der Waals surface area (Å²) in [6.45, 7) is 5.35. The van der Waals surface area contributed by atoms with Gasteiger partial charge in [0, 0.05) is 13.1 Å². The first-order chi connectivity index (χ1) is 7.69. The summed E-state index contributed by atoms with van der Waals surface area (Å²) in [7, 11) is 0. The lowest BCUT2D eigenvalue weighted by atomic mass is 9.97.